The van der Waals surface area contributed by atoms with Crippen molar-refractivity contribution in [3.05, 3.63) is 86.0 Å². The molecular weight excluding hydrogens is 260 g/mol. The van der Waals surface area contributed by atoms with E-state index in [1.807, 2.05) is 0 Å². The van der Waals surface area contributed by atoms with Gasteiger partial charge in [-0.2, -0.15) is 0 Å². The Morgan fingerprint density at radius 3 is 2.10 bits per heavy atom. The molecule has 0 aliphatic carbocycles. The molecule has 0 N–H and O–H groups in total. The van der Waals surface area contributed by atoms with Crippen LogP contribution in [0.25, 0.3) is 0 Å². The third kappa shape index (κ3) is 2.97. The second-order valence-corrected chi connectivity index (χ2v) is 4.29. The van der Waals surface area contributed by atoms with E-state index in [-0.39, 0.29) is 12.2 Å². The zero-order valence-corrected chi connectivity index (χ0v) is 10.5. The van der Waals surface area contributed by atoms with Crippen molar-refractivity contribution in [1.82, 2.24) is 0 Å². The van der Waals surface area contributed by atoms with E-state index in [4.69, 9.17) is 0 Å². The van der Waals surface area contributed by atoms with E-state index in [1.54, 1.807) is 48.5 Å². The molecule has 0 aromatic heterocycles. The van der Waals surface area contributed by atoms with Gasteiger partial charge < -0.3 is 0 Å². The number of nitrogens with zero attached hydrogens (tertiary/aromatic N) is 2. The lowest BCUT2D eigenvalue weighted by Gasteiger charge is -2.13. The number of hydrogen-bond donors (Lipinski definition) is 0. The molecule has 0 heterocycles. The van der Waals surface area contributed by atoms with Crippen molar-refractivity contribution >= 4 is 5.69 Å². The molecule has 0 fully saturated rings. The highest BCUT2D eigenvalue weighted by Gasteiger charge is 2.27. The standard InChI is InChI=1S/C14H12N2O4/c17-15(18)10-13(11-6-2-1-3-7-11)12-8-4-5-9-14(12)16(19)20/h1-9,13H,10H2. The van der Waals surface area contributed by atoms with Gasteiger partial charge >= 0.3 is 0 Å². The molecule has 2 aromatic carbocycles. The molecule has 0 aliphatic rings. The second kappa shape index (κ2) is 5.92. The van der Waals surface area contributed by atoms with Gasteiger partial charge in [0.25, 0.3) is 5.69 Å². The van der Waals surface area contributed by atoms with Crippen molar-refractivity contribution in [1.29, 1.82) is 0 Å². The quantitative estimate of drug-likeness (QED) is 0.618. The van der Waals surface area contributed by atoms with Crippen LogP contribution in [0.3, 0.4) is 0 Å². The van der Waals surface area contributed by atoms with E-state index in [9.17, 15) is 20.2 Å². The smallest absolute Gasteiger partial charge is 0.265 e. The summed E-state index contributed by atoms with van der Waals surface area (Å²) in [5, 5.41) is 22.0. The maximum absolute atomic E-state index is 11.1. The summed E-state index contributed by atoms with van der Waals surface area (Å²) in [6, 6.07) is 14.9. The monoisotopic (exact) mass is 272 g/mol. The molecule has 0 amide bonds. The van der Waals surface area contributed by atoms with E-state index >= 15 is 0 Å². The first-order valence-electron chi connectivity index (χ1n) is 5.99. The summed E-state index contributed by atoms with van der Waals surface area (Å²) in [5.41, 5.74) is 0.960. The SMILES string of the molecule is O=[N+]([O-])CC(c1ccccc1)c1ccccc1[N+](=O)[O-]. The number of hydrogen-bond acceptors (Lipinski definition) is 4. The van der Waals surface area contributed by atoms with Crippen LogP contribution < -0.4 is 0 Å². The van der Waals surface area contributed by atoms with Gasteiger partial charge in [0, 0.05) is 16.6 Å². The fourth-order valence-corrected chi connectivity index (χ4v) is 2.17. The first-order chi connectivity index (χ1) is 9.59. The molecule has 2 rings (SSSR count). The van der Waals surface area contributed by atoms with Gasteiger partial charge in [-0.15, -0.1) is 0 Å². The average Bonchev–Trinajstić information content (AvgIpc) is 2.45. The Morgan fingerprint density at radius 2 is 1.50 bits per heavy atom. The van der Waals surface area contributed by atoms with Crippen LogP contribution in [0.2, 0.25) is 0 Å². The summed E-state index contributed by atoms with van der Waals surface area (Å²) in [7, 11) is 0. The molecule has 6 heteroatoms. The fourth-order valence-electron chi connectivity index (χ4n) is 2.17. The lowest BCUT2D eigenvalue weighted by atomic mass is 9.90. The summed E-state index contributed by atoms with van der Waals surface area (Å²) in [6.45, 7) is -0.380. The van der Waals surface area contributed by atoms with Gasteiger partial charge in [0.2, 0.25) is 6.54 Å². The van der Waals surface area contributed by atoms with Gasteiger partial charge in [0.05, 0.1) is 10.8 Å². The van der Waals surface area contributed by atoms with Crippen molar-refractivity contribution in [2.75, 3.05) is 6.54 Å². The molecule has 0 aliphatic heterocycles. The molecule has 0 saturated heterocycles. The molecule has 1 atom stereocenters. The van der Waals surface area contributed by atoms with Gasteiger partial charge in [-0.1, -0.05) is 48.5 Å². The van der Waals surface area contributed by atoms with E-state index in [0.717, 1.165) is 0 Å². The van der Waals surface area contributed by atoms with Gasteiger partial charge in [-0.3, -0.25) is 20.2 Å². The zero-order chi connectivity index (χ0) is 14.5. The van der Waals surface area contributed by atoms with Crippen molar-refractivity contribution < 1.29 is 9.85 Å². The van der Waals surface area contributed by atoms with Crippen molar-refractivity contribution in [2.45, 2.75) is 5.92 Å². The van der Waals surface area contributed by atoms with Crippen LogP contribution in [0.4, 0.5) is 5.69 Å². The molecule has 0 bridgehead atoms. The van der Waals surface area contributed by atoms with Crippen molar-refractivity contribution in [3.8, 4) is 0 Å². The number of nitro groups is 2. The van der Waals surface area contributed by atoms with Crippen LogP contribution in [-0.4, -0.2) is 16.4 Å². The molecule has 20 heavy (non-hydrogen) atoms. The Labute approximate surface area is 115 Å². The van der Waals surface area contributed by atoms with Crippen LogP contribution in [0.5, 0.6) is 0 Å². The minimum atomic E-state index is -0.632. The maximum Gasteiger partial charge on any atom is 0.273 e. The Hall–Kier alpha value is -2.76. The predicted molar refractivity (Wildman–Crippen MR) is 73.2 cm³/mol. The molecule has 0 saturated carbocycles. The number of para-hydroxylation sites is 1. The first-order valence-corrected chi connectivity index (χ1v) is 5.99. The van der Waals surface area contributed by atoms with E-state index in [2.05, 4.69) is 0 Å². The van der Waals surface area contributed by atoms with Gasteiger partial charge in [0.1, 0.15) is 0 Å². The maximum atomic E-state index is 11.1. The summed E-state index contributed by atoms with van der Waals surface area (Å²) in [6.07, 6.45) is 0. The van der Waals surface area contributed by atoms with Crippen LogP contribution in [-0.2, 0) is 0 Å². The first kappa shape index (κ1) is 13.7. The van der Waals surface area contributed by atoms with Crippen LogP contribution >= 0.6 is 0 Å². The highest BCUT2D eigenvalue weighted by Crippen LogP contribution is 2.31. The van der Waals surface area contributed by atoms with E-state index in [0.29, 0.717) is 11.1 Å². The lowest BCUT2D eigenvalue weighted by molar-refractivity contribution is -0.482. The Morgan fingerprint density at radius 1 is 0.900 bits per heavy atom. The lowest BCUT2D eigenvalue weighted by Crippen LogP contribution is -2.15. The van der Waals surface area contributed by atoms with Crippen molar-refractivity contribution in [2.24, 2.45) is 0 Å². The minimum absolute atomic E-state index is 0.0943. The molecule has 102 valence electrons. The summed E-state index contributed by atoms with van der Waals surface area (Å²) >= 11 is 0. The van der Waals surface area contributed by atoms with Gasteiger partial charge in [-0.25, -0.2) is 0 Å². The molecule has 1 unspecified atom stereocenters. The van der Waals surface area contributed by atoms with Crippen LogP contribution in [0, 0.1) is 20.2 Å². The Kier molecular flexibility index (Phi) is 4.05. The second-order valence-electron chi connectivity index (χ2n) is 4.29. The third-order valence-electron chi connectivity index (χ3n) is 3.04. The zero-order valence-electron chi connectivity index (χ0n) is 10.5. The molecule has 6 nitrogen and oxygen atoms in total. The minimum Gasteiger partial charge on any atom is -0.265 e. The Bertz CT molecular complexity index is 628. The molecule has 0 radical (unpaired) electrons. The van der Waals surface area contributed by atoms with E-state index in [1.165, 1.54) is 6.07 Å². The number of nitro benzene ring substituents is 1. The van der Waals surface area contributed by atoms with Gasteiger partial charge in [-0.05, 0) is 5.56 Å². The summed E-state index contributed by atoms with van der Waals surface area (Å²) in [4.78, 5) is 21.0. The van der Waals surface area contributed by atoms with Crippen molar-refractivity contribution in [3.63, 3.8) is 0 Å². The highest BCUT2D eigenvalue weighted by atomic mass is 16.6. The normalized spacial score (nSPS) is 11.8. The van der Waals surface area contributed by atoms with Crippen LogP contribution in [0.15, 0.2) is 54.6 Å². The Balaban J connectivity index is 2.52. The average molecular weight is 272 g/mol. The summed E-state index contributed by atoms with van der Waals surface area (Å²) < 4.78 is 0. The molecular formula is C14H12N2O4. The third-order valence-corrected chi connectivity index (χ3v) is 3.04. The van der Waals surface area contributed by atoms with Gasteiger partial charge in [0.15, 0.2) is 0 Å². The topological polar surface area (TPSA) is 86.3 Å². The van der Waals surface area contributed by atoms with Crippen LogP contribution in [0.1, 0.15) is 17.0 Å². The fraction of sp³-hybridized carbons (Fsp3) is 0.143. The molecule has 2 aromatic rings. The number of rotatable bonds is 5. The highest BCUT2D eigenvalue weighted by molar-refractivity contribution is 5.46. The molecule has 0 spiro atoms. The van der Waals surface area contributed by atoms with E-state index < -0.39 is 15.8 Å². The number of benzene rings is 2. The predicted octanol–water partition coefficient (Wildman–Crippen LogP) is 3.00. The summed E-state index contributed by atoms with van der Waals surface area (Å²) in [5.74, 6) is -0.632. The largest absolute Gasteiger partial charge is 0.273 e.